The molecular weight excluding hydrogens is 350 g/mol. The molecule has 0 heterocycles. The number of carboxylic acids is 1. The first-order chi connectivity index (χ1) is 9.43. The number of ether oxygens (including phenoxy) is 1. The number of nitrogens with one attached hydrogen (secondary N) is 1. The Morgan fingerprint density at radius 3 is 2.70 bits per heavy atom. The molecule has 0 radical (unpaired) electrons. The molecule has 2 N–H and O–H groups in total. The molecule has 1 aromatic carbocycles. The van der Waals surface area contributed by atoms with Gasteiger partial charge in [-0.25, -0.2) is 0 Å². The molecule has 0 saturated heterocycles. The molecule has 0 bridgehead atoms. The van der Waals surface area contributed by atoms with Crippen LogP contribution in [0.25, 0.3) is 0 Å². The van der Waals surface area contributed by atoms with Gasteiger partial charge in [-0.05, 0) is 31.0 Å². The van der Waals surface area contributed by atoms with Gasteiger partial charge in [0.2, 0.25) is 0 Å². The number of halogens is 2. The topological polar surface area (TPSA) is 75.6 Å². The van der Waals surface area contributed by atoms with Gasteiger partial charge in [-0.3, -0.25) is 9.59 Å². The summed E-state index contributed by atoms with van der Waals surface area (Å²) in [7, 11) is 0. The van der Waals surface area contributed by atoms with Crippen molar-refractivity contribution in [3.8, 4) is 5.75 Å². The van der Waals surface area contributed by atoms with E-state index in [1.165, 1.54) is 0 Å². The van der Waals surface area contributed by atoms with E-state index in [9.17, 15) is 9.59 Å². The van der Waals surface area contributed by atoms with Crippen LogP contribution >= 0.6 is 27.5 Å². The van der Waals surface area contributed by atoms with E-state index in [-0.39, 0.29) is 19.1 Å². The van der Waals surface area contributed by atoms with Gasteiger partial charge < -0.3 is 15.2 Å². The second-order valence-corrected chi connectivity index (χ2v) is 6.05. The summed E-state index contributed by atoms with van der Waals surface area (Å²) in [6.07, 6.45) is 1.20. The van der Waals surface area contributed by atoms with Gasteiger partial charge in [0, 0.05) is 11.0 Å². The molecule has 20 heavy (non-hydrogen) atoms. The molecular formula is C13H13BrClNO4. The third-order valence-corrected chi connectivity index (χ3v) is 3.97. The molecule has 1 aromatic rings. The van der Waals surface area contributed by atoms with Gasteiger partial charge in [0.15, 0.2) is 6.61 Å². The van der Waals surface area contributed by atoms with E-state index in [0.29, 0.717) is 23.6 Å². The van der Waals surface area contributed by atoms with Gasteiger partial charge in [0.05, 0.1) is 10.4 Å². The highest BCUT2D eigenvalue weighted by molar-refractivity contribution is 9.10. The van der Waals surface area contributed by atoms with E-state index in [2.05, 4.69) is 21.2 Å². The van der Waals surface area contributed by atoms with Crippen molar-refractivity contribution in [1.29, 1.82) is 0 Å². The van der Waals surface area contributed by atoms with Crippen molar-refractivity contribution in [3.05, 3.63) is 27.7 Å². The monoisotopic (exact) mass is 361 g/mol. The number of amides is 1. The quantitative estimate of drug-likeness (QED) is 0.815. The number of rotatable bonds is 6. The van der Waals surface area contributed by atoms with Gasteiger partial charge in [0.25, 0.3) is 5.91 Å². The van der Waals surface area contributed by atoms with E-state index in [1.807, 2.05) is 0 Å². The van der Waals surface area contributed by atoms with E-state index >= 15 is 0 Å². The highest BCUT2D eigenvalue weighted by Gasteiger charge is 2.50. The maximum atomic E-state index is 11.6. The van der Waals surface area contributed by atoms with Crippen LogP contribution in [0.15, 0.2) is 22.7 Å². The molecule has 0 aliphatic heterocycles. The average Bonchev–Trinajstić information content (AvgIpc) is 3.16. The Balaban J connectivity index is 1.79. The number of carboxylic acid groups (broad SMARTS) is 1. The van der Waals surface area contributed by atoms with Crippen LogP contribution in [0, 0.1) is 5.41 Å². The molecule has 7 heteroatoms. The van der Waals surface area contributed by atoms with Crippen LogP contribution in [0.3, 0.4) is 0 Å². The van der Waals surface area contributed by atoms with Crippen molar-refractivity contribution in [2.45, 2.75) is 12.8 Å². The zero-order valence-corrected chi connectivity index (χ0v) is 12.8. The van der Waals surface area contributed by atoms with Crippen molar-refractivity contribution in [2.24, 2.45) is 5.41 Å². The SMILES string of the molecule is O=C(COc1ccc(Br)cc1Cl)NCC1(C(=O)O)CC1. The highest BCUT2D eigenvalue weighted by Crippen LogP contribution is 2.45. The van der Waals surface area contributed by atoms with Crippen LogP contribution in [0.4, 0.5) is 0 Å². The fourth-order valence-corrected chi connectivity index (χ4v) is 2.40. The summed E-state index contributed by atoms with van der Waals surface area (Å²) in [4.78, 5) is 22.6. The molecule has 1 aliphatic carbocycles. The Labute approximate surface area is 129 Å². The minimum atomic E-state index is -0.866. The lowest BCUT2D eigenvalue weighted by Crippen LogP contribution is -2.36. The summed E-state index contributed by atoms with van der Waals surface area (Å²) in [6, 6.07) is 5.07. The van der Waals surface area contributed by atoms with Gasteiger partial charge in [-0.1, -0.05) is 27.5 Å². The normalized spacial score (nSPS) is 15.5. The van der Waals surface area contributed by atoms with Crippen LogP contribution in [-0.2, 0) is 9.59 Å². The molecule has 0 spiro atoms. The molecule has 1 aliphatic rings. The van der Waals surface area contributed by atoms with Gasteiger partial charge in [-0.15, -0.1) is 0 Å². The summed E-state index contributed by atoms with van der Waals surface area (Å²) in [5.74, 6) is -0.824. The first-order valence-electron chi connectivity index (χ1n) is 6.01. The van der Waals surface area contributed by atoms with Crippen LogP contribution in [0.2, 0.25) is 5.02 Å². The Morgan fingerprint density at radius 1 is 1.45 bits per heavy atom. The highest BCUT2D eigenvalue weighted by atomic mass is 79.9. The minimum Gasteiger partial charge on any atom is -0.482 e. The lowest BCUT2D eigenvalue weighted by Gasteiger charge is -2.12. The smallest absolute Gasteiger partial charge is 0.311 e. The van der Waals surface area contributed by atoms with E-state index in [0.717, 1.165) is 4.47 Å². The molecule has 0 unspecified atom stereocenters. The summed E-state index contributed by atoms with van der Waals surface area (Å²) in [5, 5.41) is 12.0. The first kappa shape index (κ1) is 15.1. The molecule has 2 rings (SSSR count). The lowest BCUT2D eigenvalue weighted by molar-refractivity contribution is -0.143. The van der Waals surface area contributed by atoms with Crippen LogP contribution in [0.1, 0.15) is 12.8 Å². The largest absolute Gasteiger partial charge is 0.482 e. The second kappa shape index (κ2) is 6.01. The molecule has 0 aromatic heterocycles. The minimum absolute atomic E-state index is 0.137. The zero-order chi connectivity index (χ0) is 14.8. The molecule has 108 valence electrons. The standard InChI is InChI=1S/C13H13BrClNO4/c14-8-1-2-10(9(15)5-8)20-6-11(17)16-7-13(3-4-13)12(18)19/h1-2,5H,3-4,6-7H2,(H,16,17)(H,18,19). The van der Waals surface area contributed by atoms with Crippen molar-refractivity contribution in [2.75, 3.05) is 13.2 Å². The third-order valence-electron chi connectivity index (χ3n) is 3.18. The van der Waals surface area contributed by atoms with Crippen LogP contribution in [0.5, 0.6) is 5.75 Å². The number of aliphatic carboxylic acids is 1. The lowest BCUT2D eigenvalue weighted by atomic mass is 10.1. The summed E-state index contributed by atoms with van der Waals surface area (Å²) in [6.45, 7) is -0.0599. The first-order valence-corrected chi connectivity index (χ1v) is 7.18. The number of hydrogen-bond acceptors (Lipinski definition) is 3. The second-order valence-electron chi connectivity index (χ2n) is 4.73. The van der Waals surface area contributed by atoms with Crippen LogP contribution < -0.4 is 10.1 Å². The third kappa shape index (κ3) is 3.64. The Hall–Kier alpha value is -1.27. The molecule has 5 nitrogen and oxygen atoms in total. The molecule has 1 saturated carbocycles. The van der Waals surface area contributed by atoms with Crippen LogP contribution in [-0.4, -0.2) is 30.1 Å². The van der Waals surface area contributed by atoms with E-state index < -0.39 is 11.4 Å². The van der Waals surface area contributed by atoms with E-state index in [4.69, 9.17) is 21.4 Å². The predicted molar refractivity (Wildman–Crippen MR) is 77.0 cm³/mol. The summed E-state index contributed by atoms with van der Waals surface area (Å²) < 4.78 is 6.10. The fourth-order valence-electron chi connectivity index (χ4n) is 1.67. The number of carbonyl (C=O) groups is 2. The number of hydrogen-bond donors (Lipinski definition) is 2. The number of carbonyl (C=O) groups excluding carboxylic acids is 1. The van der Waals surface area contributed by atoms with Gasteiger partial charge in [-0.2, -0.15) is 0 Å². The van der Waals surface area contributed by atoms with Crippen molar-refractivity contribution in [3.63, 3.8) is 0 Å². The van der Waals surface area contributed by atoms with Gasteiger partial charge in [0.1, 0.15) is 5.75 Å². The molecule has 0 atom stereocenters. The Bertz CT molecular complexity index is 545. The zero-order valence-electron chi connectivity index (χ0n) is 10.5. The maximum absolute atomic E-state index is 11.6. The summed E-state index contributed by atoms with van der Waals surface area (Å²) >= 11 is 9.22. The van der Waals surface area contributed by atoms with E-state index in [1.54, 1.807) is 18.2 Å². The van der Waals surface area contributed by atoms with Crippen molar-refractivity contribution < 1.29 is 19.4 Å². The molecule has 1 fully saturated rings. The van der Waals surface area contributed by atoms with Crippen molar-refractivity contribution in [1.82, 2.24) is 5.32 Å². The number of benzene rings is 1. The van der Waals surface area contributed by atoms with Gasteiger partial charge >= 0.3 is 5.97 Å². The maximum Gasteiger partial charge on any atom is 0.311 e. The molecule has 1 amide bonds. The fraction of sp³-hybridized carbons (Fsp3) is 0.385. The predicted octanol–water partition coefficient (Wildman–Crippen LogP) is 2.46. The summed E-state index contributed by atoms with van der Waals surface area (Å²) in [5.41, 5.74) is -0.773. The Kier molecular flexibility index (Phi) is 4.55. The Morgan fingerprint density at radius 2 is 2.15 bits per heavy atom. The van der Waals surface area contributed by atoms with Crippen molar-refractivity contribution >= 4 is 39.4 Å². The average molecular weight is 363 g/mol.